The van der Waals surface area contributed by atoms with Crippen LogP contribution in [0.3, 0.4) is 0 Å². The molecule has 0 radical (unpaired) electrons. The summed E-state index contributed by atoms with van der Waals surface area (Å²) in [6.45, 7) is 2.67. The van der Waals surface area contributed by atoms with Gasteiger partial charge < -0.3 is 21.1 Å². The third kappa shape index (κ3) is 5.34. The highest BCUT2D eigenvalue weighted by Crippen LogP contribution is 2.21. The first-order chi connectivity index (χ1) is 9.99. The summed E-state index contributed by atoms with van der Waals surface area (Å²) >= 11 is 6.06. The van der Waals surface area contributed by atoms with Crippen LogP contribution >= 0.6 is 11.6 Å². The van der Waals surface area contributed by atoms with Gasteiger partial charge in [0.05, 0.1) is 17.2 Å². The second-order valence-electron chi connectivity index (χ2n) is 4.50. The lowest BCUT2D eigenvalue weighted by molar-refractivity contribution is -0.118. The SMILES string of the molecule is CCCNC(=O)c1ccc(NC(=O)C(N)COC)cc1Cl. The third-order valence-electron chi connectivity index (χ3n) is 2.70. The second-order valence-corrected chi connectivity index (χ2v) is 4.91. The van der Waals surface area contributed by atoms with Gasteiger partial charge in [0.15, 0.2) is 0 Å². The zero-order valence-electron chi connectivity index (χ0n) is 12.1. The van der Waals surface area contributed by atoms with Gasteiger partial charge in [0, 0.05) is 19.3 Å². The number of carbonyl (C=O) groups is 2. The number of anilines is 1. The van der Waals surface area contributed by atoms with Crippen molar-refractivity contribution in [3.63, 3.8) is 0 Å². The number of hydrogen-bond donors (Lipinski definition) is 3. The highest BCUT2D eigenvalue weighted by molar-refractivity contribution is 6.34. The van der Waals surface area contributed by atoms with E-state index < -0.39 is 6.04 Å². The van der Waals surface area contributed by atoms with E-state index in [1.54, 1.807) is 12.1 Å². The normalized spacial score (nSPS) is 11.8. The predicted molar refractivity (Wildman–Crippen MR) is 82.6 cm³/mol. The summed E-state index contributed by atoms with van der Waals surface area (Å²) in [5.74, 6) is -0.619. The monoisotopic (exact) mass is 313 g/mol. The Bertz CT molecular complexity index is 508. The van der Waals surface area contributed by atoms with Gasteiger partial charge in [-0.2, -0.15) is 0 Å². The molecule has 7 heteroatoms. The van der Waals surface area contributed by atoms with Crippen LogP contribution in [-0.2, 0) is 9.53 Å². The number of amides is 2. The maximum absolute atomic E-state index is 11.8. The van der Waals surface area contributed by atoms with Crippen LogP contribution in [0.25, 0.3) is 0 Å². The van der Waals surface area contributed by atoms with E-state index in [0.29, 0.717) is 17.8 Å². The van der Waals surface area contributed by atoms with E-state index in [4.69, 9.17) is 22.1 Å². The van der Waals surface area contributed by atoms with Crippen molar-refractivity contribution >= 4 is 29.1 Å². The maximum atomic E-state index is 11.8. The minimum absolute atomic E-state index is 0.122. The molecule has 21 heavy (non-hydrogen) atoms. The van der Waals surface area contributed by atoms with E-state index in [1.807, 2.05) is 6.92 Å². The average Bonchev–Trinajstić information content (AvgIpc) is 2.45. The van der Waals surface area contributed by atoms with Crippen molar-refractivity contribution in [2.24, 2.45) is 5.73 Å². The maximum Gasteiger partial charge on any atom is 0.252 e. The molecular weight excluding hydrogens is 294 g/mol. The van der Waals surface area contributed by atoms with Crippen LogP contribution in [0.2, 0.25) is 5.02 Å². The standard InChI is InChI=1S/C14H20ClN3O3/c1-3-6-17-13(19)10-5-4-9(7-11(10)15)18-14(20)12(16)8-21-2/h4-5,7,12H,3,6,8,16H2,1-2H3,(H,17,19)(H,18,20). The van der Waals surface area contributed by atoms with E-state index in [2.05, 4.69) is 10.6 Å². The summed E-state index contributed by atoms with van der Waals surface area (Å²) in [6, 6.07) is 3.91. The van der Waals surface area contributed by atoms with Crippen molar-refractivity contribution in [1.82, 2.24) is 5.32 Å². The molecule has 0 aliphatic rings. The van der Waals surface area contributed by atoms with Crippen LogP contribution in [0, 0.1) is 0 Å². The molecule has 1 rings (SSSR count). The molecule has 0 aromatic heterocycles. The summed E-state index contributed by atoms with van der Waals surface area (Å²) < 4.78 is 4.81. The second kappa shape index (κ2) is 8.61. The fourth-order valence-corrected chi connectivity index (χ4v) is 1.87. The van der Waals surface area contributed by atoms with E-state index in [-0.39, 0.29) is 23.4 Å². The number of carbonyl (C=O) groups excluding carboxylic acids is 2. The smallest absolute Gasteiger partial charge is 0.252 e. The molecule has 1 atom stereocenters. The van der Waals surface area contributed by atoms with Gasteiger partial charge in [-0.25, -0.2) is 0 Å². The van der Waals surface area contributed by atoms with Crippen LogP contribution in [0.15, 0.2) is 18.2 Å². The van der Waals surface area contributed by atoms with Gasteiger partial charge >= 0.3 is 0 Å². The van der Waals surface area contributed by atoms with Gasteiger partial charge in [-0.05, 0) is 24.6 Å². The van der Waals surface area contributed by atoms with Crippen LogP contribution in [0.5, 0.6) is 0 Å². The number of hydrogen-bond acceptors (Lipinski definition) is 4. The van der Waals surface area contributed by atoms with E-state index in [9.17, 15) is 9.59 Å². The molecule has 0 bridgehead atoms. The van der Waals surface area contributed by atoms with Gasteiger partial charge in [-0.1, -0.05) is 18.5 Å². The number of rotatable bonds is 7. The van der Waals surface area contributed by atoms with Crippen molar-refractivity contribution < 1.29 is 14.3 Å². The molecule has 2 amide bonds. The Morgan fingerprint density at radius 2 is 2.14 bits per heavy atom. The van der Waals surface area contributed by atoms with Crippen molar-refractivity contribution in [3.05, 3.63) is 28.8 Å². The lowest BCUT2D eigenvalue weighted by atomic mass is 10.2. The predicted octanol–water partition coefficient (Wildman–Crippen LogP) is 1.39. The molecule has 116 valence electrons. The fraction of sp³-hybridized carbons (Fsp3) is 0.429. The molecule has 0 fully saturated rings. The molecule has 0 aliphatic heterocycles. The first kappa shape index (κ1) is 17.4. The number of methoxy groups -OCH3 is 1. The molecule has 1 aromatic rings. The van der Waals surface area contributed by atoms with E-state index in [0.717, 1.165) is 6.42 Å². The zero-order valence-corrected chi connectivity index (χ0v) is 12.9. The Morgan fingerprint density at radius 3 is 2.71 bits per heavy atom. The highest BCUT2D eigenvalue weighted by Gasteiger charge is 2.15. The van der Waals surface area contributed by atoms with Crippen LogP contribution in [-0.4, -0.2) is 38.1 Å². The molecule has 0 spiro atoms. The Balaban J connectivity index is 2.74. The van der Waals surface area contributed by atoms with E-state index >= 15 is 0 Å². The molecule has 0 heterocycles. The Morgan fingerprint density at radius 1 is 1.43 bits per heavy atom. The average molecular weight is 314 g/mol. The summed E-state index contributed by atoms with van der Waals surface area (Å²) in [7, 11) is 1.47. The number of ether oxygens (including phenoxy) is 1. The molecular formula is C14H20ClN3O3. The Labute approximate surface area is 129 Å². The molecule has 1 unspecified atom stereocenters. The van der Waals surface area contributed by atoms with Crippen molar-refractivity contribution in [2.75, 3.05) is 25.6 Å². The first-order valence-electron chi connectivity index (χ1n) is 6.62. The molecule has 4 N–H and O–H groups in total. The quantitative estimate of drug-likeness (QED) is 0.709. The van der Waals surface area contributed by atoms with Gasteiger partial charge in [-0.3, -0.25) is 9.59 Å². The Hall–Kier alpha value is -1.63. The molecule has 0 saturated heterocycles. The first-order valence-corrected chi connectivity index (χ1v) is 7.00. The summed E-state index contributed by atoms with van der Waals surface area (Å²) in [6.07, 6.45) is 0.842. The molecule has 0 saturated carbocycles. The molecule has 6 nitrogen and oxygen atoms in total. The summed E-state index contributed by atoms with van der Waals surface area (Å²) in [4.78, 5) is 23.6. The largest absolute Gasteiger partial charge is 0.383 e. The van der Waals surface area contributed by atoms with Crippen LogP contribution < -0.4 is 16.4 Å². The highest BCUT2D eigenvalue weighted by atomic mass is 35.5. The number of halogens is 1. The van der Waals surface area contributed by atoms with Gasteiger partial charge in [0.1, 0.15) is 6.04 Å². The summed E-state index contributed by atoms with van der Waals surface area (Å²) in [5, 5.41) is 5.62. The third-order valence-corrected chi connectivity index (χ3v) is 3.01. The van der Waals surface area contributed by atoms with Crippen molar-refractivity contribution in [2.45, 2.75) is 19.4 Å². The van der Waals surface area contributed by atoms with Gasteiger partial charge in [0.2, 0.25) is 5.91 Å². The molecule has 1 aromatic carbocycles. The fourth-order valence-electron chi connectivity index (χ4n) is 1.60. The molecule has 0 aliphatic carbocycles. The lowest BCUT2D eigenvalue weighted by Crippen LogP contribution is -2.39. The number of nitrogens with one attached hydrogen (secondary N) is 2. The number of nitrogens with two attached hydrogens (primary N) is 1. The van der Waals surface area contributed by atoms with Crippen molar-refractivity contribution in [1.29, 1.82) is 0 Å². The number of benzene rings is 1. The minimum atomic E-state index is -0.763. The van der Waals surface area contributed by atoms with Gasteiger partial charge in [-0.15, -0.1) is 0 Å². The van der Waals surface area contributed by atoms with Crippen molar-refractivity contribution in [3.8, 4) is 0 Å². The van der Waals surface area contributed by atoms with Gasteiger partial charge in [0.25, 0.3) is 5.91 Å². The van der Waals surface area contributed by atoms with Crippen LogP contribution in [0.4, 0.5) is 5.69 Å². The Kier molecular flexibility index (Phi) is 7.14. The lowest BCUT2D eigenvalue weighted by Gasteiger charge is -2.12. The van der Waals surface area contributed by atoms with E-state index in [1.165, 1.54) is 13.2 Å². The zero-order chi connectivity index (χ0) is 15.8. The van der Waals surface area contributed by atoms with Crippen LogP contribution in [0.1, 0.15) is 23.7 Å². The minimum Gasteiger partial charge on any atom is -0.383 e. The summed E-state index contributed by atoms with van der Waals surface area (Å²) in [5.41, 5.74) is 6.45. The topological polar surface area (TPSA) is 93.5 Å².